The molecule has 0 saturated carbocycles. The number of hydrogen-bond donors (Lipinski definition) is 3. The van der Waals surface area contributed by atoms with Crippen molar-refractivity contribution < 1.29 is 62.6 Å². The number of ketones is 1. The molecule has 0 bridgehead atoms. The SMILES string of the molecule is CC(C)(OC(=O)c1ccccc1)C1Cc2cc3ccc(=O)oc3cc2O1.CC(C)=CCCC1(C)C=Cc2c(O)c3c(c(CC=C(C)C)c2O1)OC12C(=CCCC1C(C)(C)OC2(CC=C(C)C(=O)O)C(=O)O)C3=O. The van der Waals surface area contributed by atoms with E-state index in [1.54, 1.807) is 62.4 Å². The Bertz CT molecular complexity index is 3140. The number of carbonyl (C=O) groups is 4. The lowest BCUT2D eigenvalue weighted by Crippen LogP contribution is -2.66. The van der Waals surface area contributed by atoms with Crippen LogP contribution in [0.4, 0.5) is 0 Å². The molecule has 1 spiro atoms. The van der Waals surface area contributed by atoms with Gasteiger partial charge in [-0.15, -0.1) is 0 Å². The lowest BCUT2D eigenvalue weighted by Gasteiger charge is -2.50. The second-order valence-corrected chi connectivity index (χ2v) is 21.4. The Balaban J connectivity index is 0.000000229. The molecule has 384 valence electrons. The van der Waals surface area contributed by atoms with Crippen LogP contribution in [0.15, 0.2) is 116 Å². The first-order valence-electron chi connectivity index (χ1n) is 24.7. The van der Waals surface area contributed by atoms with Gasteiger partial charge in [-0.1, -0.05) is 53.6 Å². The van der Waals surface area contributed by atoms with Crippen molar-refractivity contribution in [2.24, 2.45) is 5.92 Å². The molecule has 1 aliphatic carbocycles. The fourth-order valence-electron chi connectivity index (χ4n) is 10.8. The van der Waals surface area contributed by atoms with Gasteiger partial charge in [0.2, 0.25) is 5.60 Å². The summed E-state index contributed by atoms with van der Waals surface area (Å²) in [6, 6.07) is 15.7. The monoisotopic (exact) mass is 996 g/mol. The number of rotatable bonds is 12. The van der Waals surface area contributed by atoms with Gasteiger partial charge in [0, 0.05) is 53.0 Å². The average Bonchev–Trinajstić information content (AvgIpc) is 3.84. The highest BCUT2D eigenvalue weighted by Gasteiger charge is 2.77. The minimum absolute atomic E-state index is 0.0407. The number of aliphatic carboxylic acids is 2. The van der Waals surface area contributed by atoms with Crippen molar-refractivity contribution in [3.8, 4) is 23.0 Å². The Kier molecular flexibility index (Phi) is 13.8. The Morgan fingerprint density at radius 1 is 0.890 bits per heavy atom. The first-order valence-corrected chi connectivity index (χ1v) is 24.7. The second kappa shape index (κ2) is 19.3. The number of fused-ring (bicyclic) bond motifs is 4. The minimum atomic E-state index is -2.16. The first-order chi connectivity index (χ1) is 34.3. The van der Waals surface area contributed by atoms with Crippen molar-refractivity contribution in [1.29, 1.82) is 0 Å². The van der Waals surface area contributed by atoms with Crippen LogP contribution in [0.5, 0.6) is 23.0 Å². The van der Waals surface area contributed by atoms with Crippen LogP contribution >= 0.6 is 0 Å². The second-order valence-electron chi connectivity index (χ2n) is 21.4. The molecule has 14 nitrogen and oxygen atoms in total. The number of hydrogen-bond acceptors (Lipinski definition) is 12. The molecule has 1 fully saturated rings. The largest absolute Gasteiger partial charge is 0.506 e. The van der Waals surface area contributed by atoms with E-state index in [4.69, 9.17) is 28.1 Å². The summed E-state index contributed by atoms with van der Waals surface area (Å²) in [6.45, 7) is 18.6. The third-order valence-corrected chi connectivity index (χ3v) is 14.7. The van der Waals surface area contributed by atoms with Crippen molar-refractivity contribution >= 4 is 40.7 Å². The number of ether oxygens (including phenoxy) is 5. The van der Waals surface area contributed by atoms with Crippen molar-refractivity contribution in [1.82, 2.24) is 0 Å². The average molecular weight is 997 g/mol. The van der Waals surface area contributed by atoms with Crippen molar-refractivity contribution in [2.75, 3.05) is 0 Å². The standard InChI is InChI=1S/C38H46O9.C21H18O5/c1-21(2)11-10-18-36(8)19-17-24-29(39)28-30(40)26-12-9-13-27-35(6,7)47-37(34(43)44,20-16-23(5)33(41)42)38(26,27)46-32(28)25(31(24)45-36)15-14-22(3)4;1-21(2,26-20(23)13-6-4-3-5-7-13)18-11-15-10-14-8-9-19(22)25-16(14)12-17(15)24-18/h11-12,14,16-17,19,27,39H,9-10,13,15,18,20H2,1-8H3,(H,41,42)(H,43,44);3-10,12,18H,11H2,1-2H3. The summed E-state index contributed by atoms with van der Waals surface area (Å²) in [7, 11) is 0. The van der Waals surface area contributed by atoms with Gasteiger partial charge in [0.05, 0.1) is 16.7 Å². The Hall–Kier alpha value is -7.19. The summed E-state index contributed by atoms with van der Waals surface area (Å²) >= 11 is 0. The zero-order valence-corrected chi connectivity index (χ0v) is 43.1. The number of allylic oxidation sites excluding steroid dienone is 5. The summed E-state index contributed by atoms with van der Waals surface area (Å²) in [5.74, 6) is -3.26. The van der Waals surface area contributed by atoms with Crippen molar-refractivity contribution in [3.05, 3.63) is 146 Å². The van der Waals surface area contributed by atoms with Crippen molar-refractivity contribution in [3.63, 3.8) is 0 Å². The maximum absolute atomic E-state index is 14.7. The molecular weight excluding hydrogens is 933 g/mol. The van der Waals surface area contributed by atoms with Gasteiger partial charge in [0.25, 0.3) is 0 Å². The summed E-state index contributed by atoms with van der Waals surface area (Å²) in [5, 5.41) is 33.2. The summed E-state index contributed by atoms with van der Waals surface area (Å²) in [5.41, 5.74) is -1.90. The summed E-state index contributed by atoms with van der Waals surface area (Å²) in [6.07, 6.45) is 13.4. The van der Waals surface area contributed by atoms with Crippen LogP contribution in [0.1, 0.15) is 139 Å². The summed E-state index contributed by atoms with van der Waals surface area (Å²) < 4.78 is 37.2. The number of esters is 1. The van der Waals surface area contributed by atoms with Crippen LogP contribution in [0, 0.1) is 5.92 Å². The number of phenols is 1. The van der Waals surface area contributed by atoms with E-state index in [-0.39, 0.29) is 46.7 Å². The quantitative estimate of drug-likeness (QED) is 0.0523. The van der Waals surface area contributed by atoms with Gasteiger partial charge in [-0.05, 0) is 143 Å². The number of aromatic hydroxyl groups is 1. The molecule has 4 aromatic rings. The lowest BCUT2D eigenvalue weighted by molar-refractivity contribution is -0.184. The number of Topliss-reactive ketones (excluding diaryl/α,β-unsaturated/α-hetero) is 1. The highest BCUT2D eigenvalue weighted by molar-refractivity contribution is 6.17. The molecule has 5 atom stereocenters. The van der Waals surface area contributed by atoms with E-state index in [9.17, 15) is 39.3 Å². The highest BCUT2D eigenvalue weighted by Crippen LogP contribution is 2.64. The number of carboxylic acids is 2. The Morgan fingerprint density at radius 3 is 2.27 bits per heavy atom. The smallest absolute Gasteiger partial charge is 0.340 e. The van der Waals surface area contributed by atoms with Gasteiger partial charge in [-0.25, -0.2) is 19.2 Å². The first kappa shape index (κ1) is 52.1. The maximum Gasteiger partial charge on any atom is 0.340 e. The zero-order valence-electron chi connectivity index (χ0n) is 43.1. The molecule has 4 aliphatic heterocycles. The van der Waals surface area contributed by atoms with Crippen LogP contribution in [0.3, 0.4) is 0 Å². The molecular formula is C59H64O14. The molecule has 0 radical (unpaired) electrons. The molecule has 1 saturated heterocycles. The maximum atomic E-state index is 14.7. The number of benzene rings is 3. The summed E-state index contributed by atoms with van der Waals surface area (Å²) in [4.78, 5) is 63.8. The van der Waals surface area contributed by atoms with Crippen LogP contribution in [-0.4, -0.2) is 73.1 Å². The van der Waals surface area contributed by atoms with Gasteiger partial charge < -0.3 is 43.4 Å². The Morgan fingerprint density at radius 2 is 1.60 bits per heavy atom. The fourth-order valence-corrected chi connectivity index (χ4v) is 10.8. The molecule has 1 aromatic heterocycles. The van der Waals surface area contributed by atoms with Gasteiger partial charge in [-0.2, -0.15) is 0 Å². The van der Waals surface area contributed by atoms with E-state index in [2.05, 4.69) is 6.08 Å². The number of carbonyl (C=O) groups excluding carboxylic acids is 2. The Labute approximate surface area is 424 Å². The van der Waals surface area contributed by atoms with Gasteiger partial charge in [0.1, 0.15) is 51.5 Å². The van der Waals surface area contributed by atoms with E-state index in [1.165, 1.54) is 24.6 Å². The molecule has 9 rings (SSSR count). The van der Waals surface area contributed by atoms with Crippen LogP contribution in [-0.2, 0) is 31.9 Å². The molecule has 0 amide bonds. The van der Waals surface area contributed by atoms with Crippen molar-refractivity contribution in [2.45, 2.75) is 148 Å². The van der Waals surface area contributed by atoms with Gasteiger partial charge in [0.15, 0.2) is 11.4 Å². The van der Waals surface area contributed by atoms with Crippen LogP contribution in [0.25, 0.3) is 17.0 Å². The van der Waals surface area contributed by atoms with Crippen LogP contribution in [0.2, 0.25) is 0 Å². The van der Waals surface area contributed by atoms with E-state index in [1.807, 2.05) is 72.8 Å². The number of phenolic OH excluding ortho intramolecular Hbond substituents is 1. The van der Waals surface area contributed by atoms with Gasteiger partial charge in [-0.3, -0.25) is 4.79 Å². The lowest BCUT2D eigenvalue weighted by atomic mass is 9.60. The van der Waals surface area contributed by atoms with E-state index >= 15 is 0 Å². The number of carboxylic acid groups (broad SMARTS) is 2. The van der Waals surface area contributed by atoms with E-state index < -0.39 is 57.3 Å². The molecule has 3 aromatic carbocycles. The van der Waals surface area contributed by atoms with Gasteiger partial charge >= 0.3 is 23.5 Å². The third-order valence-electron chi connectivity index (χ3n) is 14.7. The highest BCUT2D eigenvalue weighted by atomic mass is 16.6. The molecule has 5 unspecified atom stereocenters. The predicted molar refractivity (Wildman–Crippen MR) is 275 cm³/mol. The minimum Gasteiger partial charge on any atom is -0.506 e. The molecule has 5 aliphatic rings. The molecule has 73 heavy (non-hydrogen) atoms. The van der Waals surface area contributed by atoms with E-state index in [0.29, 0.717) is 65.9 Å². The van der Waals surface area contributed by atoms with Crippen LogP contribution < -0.4 is 19.8 Å². The predicted octanol–water partition coefficient (Wildman–Crippen LogP) is 11.2. The zero-order chi connectivity index (χ0) is 53.0. The molecule has 3 N–H and O–H groups in total. The normalized spacial score (nSPS) is 24.1. The molecule has 14 heteroatoms. The fraction of sp³-hybridized carbons (Fsp3) is 0.407. The van der Waals surface area contributed by atoms with E-state index in [0.717, 1.165) is 22.9 Å². The topological polar surface area (TPSA) is 205 Å². The third kappa shape index (κ3) is 9.53. The molecule has 5 heterocycles.